The predicted octanol–water partition coefficient (Wildman–Crippen LogP) is 5.15. The number of aryl methyl sites for hydroxylation is 1. The molecule has 1 nitrogen and oxygen atoms in total. The van der Waals surface area contributed by atoms with Crippen molar-refractivity contribution in [1.82, 2.24) is 0 Å². The van der Waals surface area contributed by atoms with Crippen LogP contribution in [0.5, 0.6) is 0 Å². The van der Waals surface area contributed by atoms with Gasteiger partial charge < -0.3 is 5.32 Å². The van der Waals surface area contributed by atoms with Crippen molar-refractivity contribution in [2.75, 3.05) is 5.32 Å². The van der Waals surface area contributed by atoms with Crippen LogP contribution in [0.25, 0.3) is 0 Å². The van der Waals surface area contributed by atoms with E-state index in [1.807, 2.05) is 13.0 Å². The summed E-state index contributed by atoms with van der Waals surface area (Å²) in [5.41, 5.74) is 2.30. The number of benzene rings is 1. The summed E-state index contributed by atoms with van der Waals surface area (Å²) in [5, 5.41) is 3.45. The maximum Gasteiger partial charge on any atom is 0.146 e. The molecule has 0 spiro atoms. The molecule has 0 amide bonds. The minimum absolute atomic E-state index is 0.138. The number of rotatable bonds is 2. The predicted molar refractivity (Wildman–Crippen MR) is 80.0 cm³/mol. The first-order valence-electron chi connectivity index (χ1n) is 7.20. The summed E-state index contributed by atoms with van der Waals surface area (Å²) in [6, 6.07) is 5.62. The molecule has 2 heteroatoms. The van der Waals surface area contributed by atoms with Crippen molar-refractivity contribution in [2.24, 2.45) is 10.8 Å². The number of nitrogens with one attached hydrogen (secondary N) is 1. The van der Waals surface area contributed by atoms with Crippen molar-refractivity contribution >= 4 is 5.69 Å². The molecule has 0 saturated heterocycles. The van der Waals surface area contributed by atoms with Crippen molar-refractivity contribution in [2.45, 2.75) is 59.9 Å². The highest BCUT2D eigenvalue weighted by Crippen LogP contribution is 2.46. The molecule has 1 aromatic carbocycles. The van der Waals surface area contributed by atoms with Gasteiger partial charge in [0.2, 0.25) is 0 Å². The molecule has 0 atom stereocenters. The molecule has 1 N–H and O–H groups in total. The Morgan fingerprint density at radius 2 is 1.68 bits per heavy atom. The van der Waals surface area contributed by atoms with Crippen molar-refractivity contribution in [3.05, 3.63) is 29.6 Å². The zero-order valence-corrected chi connectivity index (χ0v) is 12.8. The molecule has 0 aromatic heterocycles. The first-order chi connectivity index (χ1) is 8.69. The quantitative estimate of drug-likeness (QED) is 0.778. The highest BCUT2D eigenvalue weighted by Gasteiger charge is 2.38. The Labute approximate surface area is 116 Å². The highest BCUT2D eigenvalue weighted by molar-refractivity contribution is 5.52. The molecule has 0 heterocycles. The number of hydrogen-bond acceptors (Lipinski definition) is 1. The number of para-hydroxylation sites is 1. The largest absolute Gasteiger partial charge is 0.380 e. The zero-order chi connectivity index (χ0) is 14.3. The summed E-state index contributed by atoms with van der Waals surface area (Å²) in [6.07, 6.45) is 3.43. The van der Waals surface area contributed by atoms with Gasteiger partial charge in [-0.2, -0.15) is 0 Å². The average Bonchev–Trinajstić information content (AvgIpc) is 2.19. The third-order valence-corrected chi connectivity index (χ3v) is 4.13. The van der Waals surface area contributed by atoms with Crippen LogP contribution in [0.1, 0.15) is 52.5 Å². The third-order valence-electron chi connectivity index (χ3n) is 4.13. The topological polar surface area (TPSA) is 12.0 Å². The molecule has 0 unspecified atom stereocenters. The summed E-state index contributed by atoms with van der Waals surface area (Å²) >= 11 is 0. The number of halogens is 1. The Morgan fingerprint density at radius 1 is 1.11 bits per heavy atom. The minimum atomic E-state index is -0.138. The Balaban J connectivity index is 2.19. The Kier molecular flexibility index (Phi) is 3.63. The summed E-state index contributed by atoms with van der Waals surface area (Å²) in [7, 11) is 0. The fraction of sp³-hybridized carbons (Fsp3) is 0.647. The van der Waals surface area contributed by atoms with E-state index in [-0.39, 0.29) is 5.82 Å². The average molecular weight is 263 g/mol. The standard InChI is InChI=1S/C17H26FN/c1-12-7-6-8-14(18)15(12)19-13-9-16(2,3)11-17(4,5)10-13/h6-8,13,19H,9-11H2,1-5H3. The maximum atomic E-state index is 13.9. The fourth-order valence-electron chi connectivity index (χ4n) is 3.97. The van der Waals surface area contributed by atoms with E-state index in [0.29, 0.717) is 22.6 Å². The molecular weight excluding hydrogens is 237 g/mol. The van der Waals surface area contributed by atoms with E-state index in [4.69, 9.17) is 0 Å². The van der Waals surface area contributed by atoms with E-state index in [0.717, 1.165) is 18.4 Å². The van der Waals surface area contributed by atoms with Gasteiger partial charge in [-0.3, -0.25) is 0 Å². The van der Waals surface area contributed by atoms with Crippen LogP contribution >= 0.6 is 0 Å². The van der Waals surface area contributed by atoms with Gasteiger partial charge in [0.05, 0.1) is 5.69 Å². The van der Waals surface area contributed by atoms with Crippen molar-refractivity contribution in [3.8, 4) is 0 Å². The molecule has 1 aromatic rings. The van der Waals surface area contributed by atoms with Crippen molar-refractivity contribution < 1.29 is 4.39 Å². The van der Waals surface area contributed by atoms with Gasteiger partial charge in [0.15, 0.2) is 0 Å². The lowest BCUT2D eigenvalue weighted by molar-refractivity contribution is 0.105. The van der Waals surface area contributed by atoms with Crippen LogP contribution in [0.3, 0.4) is 0 Å². The number of hydrogen-bond donors (Lipinski definition) is 1. The van der Waals surface area contributed by atoms with E-state index < -0.39 is 0 Å². The molecule has 19 heavy (non-hydrogen) atoms. The van der Waals surface area contributed by atoms with E-state index in [1.54, 1.807) is 6.07 Å². The van der Waals surface area contributed by atoms with Crippen molar-refractivity contribution in [3.63, 3.8) is 0 Å². The lowest BCUT2D eigenvalue weighted by Crippen LogP contribution is -2.40. The highest BCUT2D eigenvalue weighted by atomic mass is 19.1. The van der Waals surface area contributed by atoms with Crippen LogP contribution in [0.2, 0.25) is 0 Å². The molecule has 1 aliphatic rings. The Morgan fingerprint density at radius 3 is 2.21 bits per heavy atom. The summed E-state index contributed by atoms with van der Waals surface area (Å²) in [5.74, 6) is -0.138. The first kappa shape index (κ1) is 14.4. The van der Waals surface area contributed by atoms with Crippen molar-refractivity contribution in [1.29, 1.82) is 0 Å². The van der Waals surface area contributed by atoms with Crippen LogP contribution in [0.15, 0.2) is 18.2 Å². The van der Waals surface area contributed by atoms with E-state index in [2.05, 4.69) is 33.0 Å². The molecule has 1 aliphatic carbocycles. The third kappa shape index (κ3) is 3.49. The van der Waals surface area contributed by atoms with Crippen LogP contribution in [0, 0.1) is 23.6 Å². The van der Waals surface area contributed by atoms with Gasteiger partial charge in [0.1, 0.15) is 5.82 Å². The van der Waals surface area contributed by atoms with Gasteiger partial charge >= 0.3 is 0 Å². The molecule has 1 fully saturated rings. The molecule has 0 radical (unpaired) electrons. The van der Waals surface area contributed by atoms with Crippen LogP contribution < -0.4 is 5.32 Å². The molecule has 1 saturated carbocycles. The summed E-state index contributed by atoms with van der Waals surface area (Å²) in [6.45, 7) is 11.2. The van der Waals surface area contributed by atoms with Gasteiger partial charge in [-0.15, -0.1) is 0 Å². The van der Waals surface area contributed by atoms with Crippen LogP contribution in [-0.2, 0) is 0 Å². The Bertz CT molecular complexity index is 426. The molecule has 0 bridgehead atoms. The van der Waals surface area contributed by atoms with Gasteiger partial charge in [-0.25, -0.2) is 4.39 Å². The van der Waals surface area contributed by atoms with E-state index in [9.17, 15) is 4.39 Å². The van der Waals surface area contributed by atoms with Crippen LogP contribution in [-0.4, -0.2) is 6.04 Å². The summed E-state index contributed by atoms with van der Waals surface area (Å²) < 4.78 is 13.9. The second kappa shape index (κ2) is 4.81. The van der Waals surface area contributed by atoms with E-state index >= 15 is 0 Å². The maximum absolute atomic E-state index is 13.9. The lowest BCUT2D eigenvalue weighted by Gasteiger charge is -2.45. The first-order valence-corrected chi connectivity index (χ1v) is 7.20. The van der Waals surface area contributed by atoms with Gasteiger partial charge in [-0.05, 0) is 48.6 Å². The molecule has 0 aliphatic heterocycles. The summed E-state index contributed by atoms with van der Waals surface area (Å²) in [4.78, 5) is 0. The number of anilines is 1. The molecule has 106 valence electrons. The monoisotopic (exact) mass is 263 g/mol. The molecular formula is C17H26FN. The minimum Gasteiger partial charge on any atom is -0.380 e. The van der Waals surface area contributed by atoms with Crippen LogP contribution in [0.4, 0.5) is 10.1 Å². The van der Waals surface area contributed by atoms with Gasteiger partial charge in [0, 0.05) is 6.04 Å². The fourth-order valence-corrected chi connectivity index (χ4v) is 3.97. The molecule has 2 rings (SSSR count). The second-order valence-electron chi connectivity index (χ2n) is 7.69. The lowest BCUT2D eigenvalue weighted by atomic mass is 9.63. The second-order valence-corrected chi connectivity index (χ2v) is 7.69. The Hall–Kier alpha value is -1.05. The van der Waals surface area contributed by atoms with E-state index in [1.165, 1.54) is 12.5 Å². The SMILES string of the molecule is Cc1cccc(F)c1NC1CC(C)(C)CC(C)(C)C1. The zero-order valence-electron chi connectivity index (χ0n) is 12.8. The smallest absolute Gasteiger partial charge is 0.146 e. The van der Waals surface area contributed by atoms with Gasteiger partial charge in [-0.1, -0.05) is 39.8 Å². The normalized spacial score (nSPS) is 22.2. The van der Waals surface area contributed by atoms with Gasteiger partial charge in [0.25, 0.3) is 0 Å².